The van der Waals surface area contributed by atoms with Crippen LogP contribution in [0.4, 0.5) is 0 Å². The number of hydrogen-bond acceptors (Lipinski definition) is 1. The van der Waals surface area contributed by atoms with Crippen LogP contribution in [0.5, 0.6) is 0 Å². The maximum absolute atomic E-state index is 11.1. The molecule has 0 saturated heterocycles. The van der Waals surface area contributed by atoms with Gasteiger partial charge in [0.05, 0.1) is 0 Å². The molecule has 2 unspecified atom stereocenters. The van der Waals surface area contributed by atoms with Crippen LogP contribution in [0.25, 0.3) is 0 Å². The van der Waals surface area contributed by atoms with Crippen molar-refractivity contribution in [2.24, 2.45) is 5.92 Å². The standard InChI is InChI=1S/C10H18ClNO/c1-2-3-10(13)12-7-8-4-5-9(11)6-8/h8-9H,2-7H2,1H3,(H,12,13). The molecule has 0 aromatic heterocycles. The van der Waals surface area contributed by atoms with E-state index >= 15 is 0 Å². The first-order valence-corrected chi connectivity index (χ1v) is 5.56. The van der Waals surface area contributed by atoms with Gasteiger partial charge in [-0.25, -0.2) is 0 Å². The average molecular weight is 204 g/mol. The second kappa shape index (κ2) is 5.48. The molecule has 1 amide bonds. The molecule has 0 spiro atoms. The zero-order chi connectivity index (χ0) is 9.68. The summed E-state index contributed by atoms with van der Waals surface area (Å²) in [5.74, 6) is 0.795. The molecule has 0 bridgehead atoms. The molecule has 0 radical (unpaired) electrons. The van der Waals surface area contributed by atoms with Gasteiger partial charge in [-0.05, 0) is 31.6 Å². The van der Waals surface area contributed by atoms with Crippen LogP contribution in [0.3, 0.4) is 0 Å². The lowest BCUT2D eigenvalue weighted by Crippen LogP contribution is -2.28. The molecule has 1 N–H and O–H groups in total. The van der Waals surface area contributed by atoms with Crippen molar-refractivity contribution in [1.82, 2.24) is 5.32 Å². The third kappa shape index (κ3) is 3.99. The van der Waals surface area contributed by atoms with Crippen molar-refractivity contribution < 1.29 is 4.79 Å². The summed E-state index contributed by atoms with van der Waals surface area (Å²) in [5, 5.41) is 3.29. The maximum Gasteiger partial charge on any atom is 0.219 e. The van der Waals surface area contributed by atoms with Crippen molar-refractivity contribution >= 4 is 17.5 Å². The summed E-state index contributed by atoms with van der Waals surface area (Å²) in [6.45, 7) is 2.84. The Morgan fingerprint density at radius 2 is 2.31 bits per heavy atom. The van der Waals surface area contributed by atoms with Gasteiger partial charge in [0.25, 0.3) is 0 Å². The largest absolute Gasteiger partial charge is 0.356 e. The lowest BCUT2D eigenvalue weighted by molar-refractivity contribution is -0.121. The van der Waals surface area contributed by atoms with Crippen molar-refractivity contribution in [1.29, 1.82) is 0 Å². The first kappa shape index (κ1) is 10.8. The third-order valence-electron chi connectivity index (χ3n) is 2.54. The highest BCUT2D eigenvalue weighted by molar-refractivity contribution is 6.20. The molecular weight excluding hydrogens is 186 g/mol. The van der Waals surface area contributed by atoms with Crippen LogP contribution in [0.15, 0.2) is 0 Å². The van der Waals surface area contributed by atoms with Gasteiger partial charge in [0.15, 0.2) is 0 Å². The van der Waals surface area contributed by atoms with E-state index in [2.05, 4.69) is 5.32 Å². The van der Waals surface area contributed by atoms with Gasteiger partial charge < -0.3 is 5.32 Å². The summed E-state index contributed by atoms with van der Waals surface area (Å²) in [5.41, 5.74) is 0. The second-order valence-electron chi connectivity index (χ2n) is 3.83. The molecule has 2 nitrogen and oxygen atoms in total. The normalized spacial score (nSPS) is 27.5. The lowest BCUT2D eigenvalue weighted by Gasteiger charge is -2.10. The minimum atomic E-state index is 0.181. The molecule has 1 aliphatic rings. The summed E-state index contributed by atoms with van der Waals surface area (Å²) >= 11 is 5.97. The highest BCUT2D eigenvalue weighted by Crippen LogP contribution is 2.28. The first-order valence-electron chi connectivity index (χ1n) is 5.13. The molecule has 0 heterocycles. The van der Waals surface area contributed by atoms with Gasteiger partial charge in [-0.3, -0.25) is 4.79 Å². The fourth-order valence-electron chi connectivity index (χ4n) is 1.77. The van der Waals surface area contributed by atoms with Gasteiger partial charge >= 0.3 is 0 Å². The smallest absolute Gasteiger partial charge is 0.219 e. The van der Waals surface area contributed by atoms with E-state index in [1.807, 2.05) is 6.92 Å². The predicted molar refractivity (Wildman–Crippen MR) is 54.9 cm³/mol. The molecule has 3 heteroatoms. The van der Waals surface area contributed by atoms with Gasteiger partial charge in [-0.2, -0.15) is 0 Å². The Labute approximate surface area is 85.0 Å². The zero-order valence-electron chi connectivity index (χ0n) is 8.18. The van der Waals surface area contributed by atoms with Gasteiger partial charge in [0, 0.05) is 18.3 Å². The van der Waals surface area contributed by atoms with Crippen molar-refractivity contribution in [2.75, 3.05) is 6.54 Å². The molecular formula is C10H18ClNO. The molecule has 1 saturated carbocycles. The van der Waals surface area contributed by atoms with Crippen molar-refractivity contribution in [3.63, 3.8) is 0 Å². The number of carbonyl (C=O) groups excluding carboxylic acids is 1. The van der Waals surface area contributed by atoms with E-state index in [0.29, 0.717) is 17.7 Å². The highest BCUT2D eigenvalue weighted by Gasteiger charge is 2.22. The van der Waals surface area contributed by atoms with Crippen molar-refractivity contribution in [3.05, 3.63) is 0 Å². The predicted octanol–water partition coefficient (Wildman–Crippen LogP) is 2.31. The van der Waals surface area contributed by atoms with Crippen molar-refractivity contribution in [3.8, 4) is 0 Å². The Balaban J connectivity index is 2.09. The van der Waals surface area contributed by atoms with Crippen LogP contribution in [-0.4, -0.2) is 17.8 Å². The third-order valence-corrected chi connectivity index (χ3v) is 2.94. The van der Waals surface area contributed by atoms with E-state index in [1.165, 1.54) is 6.42 Å². The van der Waals surface area contributed by atoms with E-state index < -0.39 is 0 Å². The summed E-state index contributed by atoms with van der Waals surface area (Å²) in [7, 11) is 0. The van der Waals surface area contributed by atoms with Crippen LogP contribution in [0.1, 0.15) is 39.0 Å². The summed E-state index contributed by atoms with van der Waals surface area (Å²) in [4.78, 5) is 11.1. The average Bonchev–Trinajstić information content (AvgIpc) is 2.49. The minimum Gasteiger partial charge on any atom is -0.356 e. The van der Waals surface area contributed by atoms with Gasteiger partial charge in [-0.1, -0.05) is 6.92 Å². The number of rotatable bonds is 4. The van der Waals surface area contributed by atoms with E-state index in [4.69, 9.17) is 11.6 Å². The summed E-state index contributed by atoms with van der Waals surface area (Å²) in [6, 6.07) is 0. The van der Waals surface area contributed by atoms with Gasteiger partial charge in [0.1, 0.15) is 0 Å². The Kier molecular flexibility index (Phi) is 4.57. The maximum atomic E-state index is 11.1. The molecule has 76 valence electrons. The van der Waals surface area contributed by atoms with Crippen LogP contribution in [-0.2, 0) is 4.79 Å². The fraction of sp³-hybridized carbons (Fsp3) is 0.900. The zero-order valence-corrected chi connectivity index (χ0v) is 8.94. The molecule has 1 fully saturated rings. The van der Waals surface area contributed by atoms with Crippen LogP contribution in [0, 0.1) is 5.92 Å². The Hall–Kier alpha value is -0.240. The Bertz CT molecular complexity index is 172. The van der Waals surface area contributed by atoms with E-state index in [-0.39, 0.29) is 5.91 Å². The van der Waals surface area contributed by atoms with Crippen LogP contribution >= 0.6 is 11.6 Å². The SMILES string of the molecule is CCCC(=O)NCC1CCC(Cl)C1. The summed E-state index contributed by atoms with van der Waals surface area (Å²) < 4.78 is 0. The number of nitrogens with one attached hydrogen (secondary N) is 1. The molecule has 0 aromatic carbocycles. The van der Waals surface area contributed by atoms with E-state index in [1.54, 1.807) is 0 Å². The second-order valence-corrected chi connectivity index (χ2v) is 4.45. The number of carbonyl (C=O) groups is 1. The molecule has 0 aromatic rings. The topological polar surface area (TPSA) is 29.1 Å². The minimum absolute atomic E-state index is 0.181. The quantitative estimate of drug-likeness (QED) is 0.699. The van der Waals surface area contributed by atoms with E-state index in [0.717, 1.165) is 25.8 Å². The highest BCUT2D eigenvalue weighted by atomic mass is 35.5. The lowest BCUT2D eigenvalue weighted by atomic mass is 10.1. The van der Waals surface area contributed by atoms with Crippen LogP contribution in [0.2, 0.25) is 0 Å². The van der Waals surface area contributed by atoms with Crippen molar-refractivity contribution in [2.45, 2.75) is 44.4 Å². The number of halogens is 1. The monoisotopic (exact) mass is 203 g/mol. The number of alkyl halides is 1. The summed E-state index contributed by atoms with van der Waals surface area (Å²) in [6.07, 6.45) is 4.91. The molecule has 13 heavy (non-hydrogen) atoms. The van der Waals surface area contributed by atoms with E-state index in [9.17, 15) is 4.79 Å². The molecule has 2 atom stereocenters. The molecule has 0 aliphatic heterocycles. The van der Waals surface area contributed by atoms with Crippen LogP contribution < -0.4 is 5.32 Å². The Morgan fingerprint density at radius 3 is 2.85 bits per heavy atom. The first-order chi connectivity index (χ1) is 6.22. The van der Waals surface area contributed by atoms with Gasteiger partial charge in [-0.15, -0.1) is 11.6 Å². The van der Waals surface area contributed by atoms with Gasteiger partial charge in [0.2, 0.25) is 5.91 Å². The Morgan fingerprint density at radius 1 is 1.54 bits per heavy atom. The number of hydrogen-bond donors (Lipinski definition) is 1. The fourth-order valence-corrected chi connectivity index (χ4v) is 2.15. The molecule has 1 aliphatic carbocycles. The number of amides is 1. The molecule has 1 rings (SSSR count).